The minimum Gasteiger partial charge on any atom is -0.332 e. The molecular weight excluding hydrogens is 257 g/mol. The molecule has 2 N–H and O–H groups in total. The summed E-state index contributed by atoms with van der Waals surface area (Å²) >= 11 is 1.29. The van der Waals surface area contributed by atoms with Crippen LogP contribution in [-0.4, -0.2) is 21.7 Å². The van der Waals surface area contributed by atoms with Crippen LogP contribution in [0.25, 0.3) is 11.6 Å². The first-order valence-corrected chi connectivity index (χ1v) is 5.44. The van der Waals surface area contributed by atoms with Crippen molar-refractivity contribution in [1.29, 1.82) is 0 Å². The molecule has 0 aromatic carbocycles. The average molecular weight is 264 g/mol. The van der Waals surface area contributed by atoms with E-state index >= 15 is 0 Å². The van der Waals surface area contributed by atoms with Crippen molar-refractivity contribution >= 4 is 11.3 Å². The number of nitrogens with two attached hydrogens (primary N) is 1. The van der Waals surface area contributed by atoms with Gasteiger partial charge in [-0.05, 0) is 6.54 Å². The lowest BCUT2D eigenvalue weighted by Crippen LogP contribution is -2.07. The van der Waals surface area contributed by atoms with Crippen molar-refractivity contribution in [3.63, 3.8) is 0 Å². The minimum absolute atomic E-state index is 0.237. The molecule has 0 spiro atoms. The van der Waals surface area contributed by atoms with Crippen LogP contribution in [0, 0.1) is 0 Å². The molecule has 0 aliphatic carbocycles. The Morgan fingerprint density at radius 3 is 2.71 bits per heavy atom. The van der Waals surface area contributed by atoms with Crippen LogP contribution in [0.2, 0.25) is 0 Å². The summed E-state index contributed by atoms with van der Waals surface area (Å²) < 4.78 is 41.2. The SMILES string of the molecule is NCCc1nc(-c2nc(C(F)(F)F)no2)cs1. The van der Waals surface area contributed by atoms with Gasteiger partial charge in [0.05, 0.1) is 5.01 Å². The lowest BCUT2D eigenvalue weighted by atomic mass is 10.4. The Hall–Kier alpha value is -1.48. The number of halogens is 3. The molecule has 5 nitrogen and oxygen atoms in total. The molecule has 17 heavy (non-hydrogen) atoms. The fraction of sp³-hybridized carbons (Fsp3) is 0.375. The Kier molecular flexibility index (Phi) is 3.11. The van der Waals surface area contributed by atoms with E-state index in [1.807, 2.05) is 0 Å². The molecule has 0 bridgehead atoms. The summed E-state index contributed by atoms with van der Waals surface area (Å²) in [5.74, 6) is -1.54. The lowest BCUT2D eigenvalue weighted by molar-refractivity contribution is -0.146. The van der Waals surface area contributed by atoms with Gasteiger partial charge in [-0.25, -0.2) is 4.98 Å². The number of nitrogens with zero attached hydrogens (tertiary/aromatic N) is 3. The third-order valence-corrected chi connectivity index (χ3v) is 2.72. The number of alkyl halides is 3. The van der Waals surface area contributed by atoms with Gasteiger partial charge in [0, 0.05) is 11.8 Å². The van der Waals surface area contributed by atoms with Crippen LogP contribution in [0.3, 0.4) is 0 Å². The number of hydrogen-bond donors (Lipinski definition) is 1. The summed E-state index contributed by atoms with van der Waals surface area (Å²) in [4.78, 5) is 7.28. The topological polar surface area (TPSA) is 77.8 Å². The van der Waals surface area contributed by atoms with Crippen LogP contribution in [0.1, 0.15) is 10.8 Å². The van der Waals surface area contributed by atoms with E-state index in [9.17, 15) is 13.2 Å². The van der Waals surface area contributed by atoms with Gasteiger partial charge in [-0.2, -0.15) is 18.2 Å². The van der Waals surface area contributed by atoms with Gasteiger partial charge in [-0.3, -0.25) is 0 Å². The average Bonchev–Trinajstić information content (AvgIpc) is 2.82. The molecule has 2 rings (SSSR count). The second-order valence-electron chi connectivity index (χ2n) is 3.09. The van der Waals surface area contributed by atoms with E-state index in [1.165, 1.54) is 11.3 Å². The normalized spacial score (nSPS) is 12.0. The first-order chi connectivity index (χ1) is 8.00. The third kappa shape index (κ3) is 2.61. The quantitative estimate of drug-likeness (QED) is 0.913. The van der Waals surface area contributed by atoms with Gasteiger partial charge >= 0.3 is 6.18 Å². The van der Waals surface area contributed by atoms with Crippen molar-refractivity contribution in [1.82, 2.24) is 15.1 Å². The van der Waals surface area contributed by atoms with Crippen LogP contribution >= 0.6 is 11.3 Å². The molecule has 92 valence electrons. The Labute approximate surface area is 97.5 Å². The maximum Gasteiger partial charge on any atom is 0.455 e. The van der Waals surface area contributed by atoms with Crippen LogP contribution in [0.15, 0.2) is 9.90 Å². The maximum atomic E-state index is 12.2. The fourth-order valence-corrected chi connectivity index (χ4v) is 1.88. The van der Waals surface area contributed by atoms with E-state index in [2.05, 4.69) is 19.6 Å². The molecule has 0 aliphatic heterocycles. The zero-order valence-electron chi connectivity index (χ0n) is 8.36. The Morgan fingerprint density at radius 1 is 1.35 bits per heavy atom. The van der Waals surface area contributed by atoms with Gasteiger partial charge in [0.2, 0.25) is 0 Å². The Bertz CT molecular complexity index is 507. The highest BCUT2D eigenvalue weighted by atomic mass is 32.1. The molecule has 9 heteroatoms. The second-order valence-corrected chi connectivity index (χ2v) is 4.03. The third-order valence-electron chi connectivity index (χ3n) is 1.81. The smallest absolute Gasteiger partial charge is 0.332 e. The monoisotopic (exact) mass is 264 g/mol. The number of thiazole rings is 1. The number of hydrogen-bond acceptors (Lipinski definition) is 6. The predicted octanol–water partition coefficient (Wildman–Crippen LogP) is 1.71. The van der Waals surface area contributed by atoms with Gasteiger partial charge in [0.25, 0.3) is 11.7 Å². The first-order valence-electron chi connectivity index (χ1n) is 4.56. The largest absolute Gasteiger partial charge is 0.455 e. The van der Waals surface area contributed by atoms with Gasteiger partial charge in [0.1, 0.15) is 5.69 Å². The maximum absolute atomic E-state index is 12.2. The van der Waals surface area contributed by atoms with Crippen LogP contribution in [-0.2, 0) is 12.6 Å². The van der Waals surface area contributed by atoms with Crippen molar-refractivity contribution in [3.05, 3.63) is 16.2 Å². The molecule has 0 radical (unpaired) electrons. The molecule has 2 heterocycles. The number of aromatic nitrogens is 3. The molecule has 0 unspecified atom stereocenters. The molecular formula is C8H7F3N4OS. The summed E-state index contributed by atoms with van der Waals surface area (Å²) in [6.45, 7) is 0.421. The summed E-state index contributed by atoms with van der Waals surface area (Å²) in [5.41, 5.74) is 5.57. The van der Waals surface area contributed by atoms with Gasteiger partial charge in [-0.1, -0.05) is 5.16 Å². The van der Waals surface area contributed by atoms with Crippen molar-refractivity contribution in [2.24, 2.45) is 5.73 Å². The first kappa shape index (κ1) is 12.0. The molecule has 0 aliphatic rings. The fourth-order valence-electron chi connectivity index (χ4n) is 1.09. The van der Waals surface area contributed by atoms with Crippen molar-refractivity contribution in [3.8, 4) is 11.6 Å². The predicted molar refractivity (Wildman–Crippen MR) is 53.2 cm³/mol. The van der Waals surface area contributed by atoms with Gasteiger partial charge in [0.15, 0.2) is 0 Å². The standard InChI is InChI=1S/C8H7F3N4OS/c9-8(10,11)7-14-6(16-15-7)4-3-17-5(13-4)1-2-12/h3H,1-2,12H2. The number of rotatable bonds is 3. The van der Waals surface area contributed by atoms with E-state index in [0.29, 0.717) is 18.0 Å². The molecule has 0 saturated heterocycles. The molecule has 2 aromatic rings. The Balaban J connectivity index is 2.24. The van der Waals surface area contributed by atoms with Crippen LogP contribution < -0.4 is 5.73 Å². The van der Waals surface area contributed by atoms with Crippen molar-refractivity contribution in [2.75, 3.05) is 6.54 Å². The highest BCUT2D eigenvalue weighted by molar-refractivity contribution is 7.09. The summed E-state index contributed by atoms with van der Waals surface area (Å²) in [6, 6.07) is 0. The Morgan fingerprint density at radius 2 is 2.12 bits per heavy atom. The van der Waals surface area contributed by atoms with Crippen LogP contribution in [0.5, 0.6) is 0 Å². The second kappa shape index (κ2) is 4.41. The van der Waals surface area contributed by atoms with E-state index in [4.69, 9.17) is 5.73 Å². The summed E-state index contributed by atoms with van der Waals surface area (Å²) in [5, 5.41) is 5.12. The molecule has 0 amide bonds. The minimum atomic E-state index is -4.61. The molecule has 0 saturated carbocycles. The van der Waals surface area contributed by atoms with E-state index in [1.54, 1.807) is 5.38 Å². The van der Waals surface area contributed by atoms with E-state index in [0.717, 1.165) is 0 Å². The summed E-state index contributed by atoms with van der Waals surface area (Å²) in [6.07, 6.45) is -4.05. The summed E-state index contributed by atoms with van der Waals surface area (Å²) in [7, 11) is 0. The molecule has 0 fully saturated rings. The van der Waals surface area contributed by atoms with E-state index < -0.39 is 12.0 Å². The molecule has 2 aromatic heterocycles. The van der Waals surface area contributed by atoms with Gasteiger partial charge < -0.3 is 10.3 Å². The van der Waals surface area contributed by atoms with E-state index in [-0.39, 0.29) is 11.6 Å². The van der Waals surface area contributed by atoms with Gasteiger partial charge in [-0.15, -0.1) is 11.3 Å². The highest BCUT2D eigenvalue weighted by Crippen LogP contribution is 2.29. The van der Waals surface area contributed by atoms with Crippen molar-refractivity contribution in [2.45, 2.75) is 12.6 Å². The zero-order chi connectivity index (χ0) is 12.5. The highest BCUT2D eigenvalue weighted by Gasteiger charge is 2.37. The molecule has 0 atom stereocenters. The van der Waals surface area contributed by atoms with Crippen molar-refractivity contribution < 1.29 is 17.7 Å². The van der Waals surface area contributed by atoms with Crippen LogP contribution in [0.4, 0.5) is 13.2 Å². The lowest BCUT2D eigenvalue weighted by Gasteiger charge is -1.95. The zero-order valence-corrected chi connectivity index (χ0v) is 9.18.